The average Bonchev–Trinajstić information content (AvgIpc) is 2.55. The van der Waals surface area contributed by atoms with Gasteiger partial charge in [-0.25, -0.2) is 12.7 Å². The number of benzene rings is 2. The summed E-state index contributed by atoms with van der Waals surface area (Å²) in [4.78, 5) is 12.7. The van der Waals surface area contributed by atoms with Crippen LogP contribution in [0.4, 0.5) is 0 Å². The average molecular weight is 381 g/mol. The summed E-state index contributed by atoms with van der Waals surface area (Å²) in [5, 5.41) is 3.51. The number of hydrogen-bond donors (Lipinski definition) is 1. The normalized spacial score (nSPS) is 12.9. The molecule has 2 rings (SSSR count). The van der Waals surface area contributed by atoms with E-state index in [-0.39, 0.29) is 16.8 Å². The van der Waals surface area contributed by atoms with Crippen LogP contribution in [0, 0.1) is 6.92 Å². The van der Waals surface area contributed by atoms with Gasteiger partial charge >= 0.3 is 0 Å². The van der Waals surface area contributed by atoms with E-state index < -0.39 is 10.0 Å². The number of carbonyl (C=O) groups excluding carboxylic acids is 1. The third-order valence-corrected chi connectivity index (χ3v) is 6.01. The molecular weight excluding hydrogens is 360 g/mol. The number of sulfonamides is 1. The summed E-state index contributed by atoms with van der Waals surface area (Å²) in [6, 6.07) is 11.5. The van der Waals surface area contributed by atoms with Gasteiger partial charge in [-0.1, -0.05) is 29.8 Å². The van der Waals surface area contributed by atoms with Gasteiger partial charge in [-0.15, -0.1) is 0 Å². The first-order valence-corrected chi connectivity index (χ1v) is 9.54. The number of hydrogen-bond acceptors (Lipinski definition) is 3. The Bertz CT molecular complexity index is 878. The molecule has 7 heteroatoms. The van der Waals surface area contributed by atoms with Crippen molar-refractivity contribution in [2.24, 2.45) is 0 Å². The molecule has 2 aromatic rings. The maximum absolute atomic E-state index is 12.6. The fourth-order valence-electron chi connectivity index (χ4n) is 2.33. The largest absolute Gasteiger partial charge is 0.346 e. The van der Waals surface area contributed by atoms with Crippen molar-refractivity contribution in [3.05, 3.63) is 64.2 Å². The lowest BCUT2D eigenvalue weighted by Crippen LogP contribution is -2.28. The summed E-state index contributed by atoms with van der Waals surface area (Å²) in [5.74, 6) is -0.323. The Hall–Kier alpha value is -1.89. The van der Waals surface area contributed by atoms with E-state index in [1.165, 1.54) is 26.2 Å². The zero-order chi connectivity index (χ0) is 18.8. The van der Waals surface area contributed by atoms with Gasteiger partial charge in [0.15, 0.2) is 0 Å². The molecule has 0 aliphatic rings. The highest BCUT2D eigenvalue weighted by Crippen LogP contribution is 2.20. The minimum absolute atomic E-state index is 0.0902. The number of aryl methyl sites for hydroxylation is 1. The molecule has 0 saturated carbocycles. The maximum atomic E-state index is 12.6. The Morgan fingerprint density at radius 2 is 1.72 bits per heavy atom. The predicted molar refractivity (Wildman–Crippen MR) is 99.4 cm³/mol. The van der Waals surface area contributed by atoms with Crippen molar-refractivity contribution >= 4 is 27.5 Å². The second-order valence-corrected chi connectivity index (χ2v) is 8.60. The number of carbonyl (C=O) groups is 1. The predicted octanol–water partition coefficient (Wildman–Crippen LogP) is 3.39. The van der Waals surface area contributed by atoms with Crippen LogP contribution in [0.2, 0.25) is 5.02 Å². The Kier molecular flexibility index (Phi) is 5.87. The molecule has 0 aliphatic heterocycles. The van der Waals surface area contributed by atoms with Crippen LogP contribution in [0.25, 0.3) is 0 Å². The molecule has 0 unspecified atom stereocenters. The lowest BCUT2D eigenvalue weighted by molar-refractivity contribution is 0.0939. The van der Waals surface area contributed by atoms with E-state index in [1.807, 2.05) is 19.1 Å². The lowest BCUT2D eigenvalue weighted by atomic mass is 10.1. The number of amides is 1. The zero-order valence-electron chi connectivity index (χ0n) is 14.6. The molecule has 1 atom stereocenters. The second kappa shape index (κ2) is 7.56. The van der Waals surface area contributed by atoms with Crippen molar-refractivity contribution in [3.63, 3.8) is 0 Å². The van der Waals surface area contributed by atoms with Gasteiger partial charge in [-0.2, -0.15) is 0 Å². The van der Waals surface area contributed by atoms with Gasteiger partial charge in [-0.3, -0.25) is 4.79 Å². The van der Waals surface area contributed by atoms with Crippen molar-refractivity contribution in [3.8, 4) is 0 Å². The molecule has 0 spiro atoms. The van der Waals surface area contributed by atoms with Gasteiger partial charge < -0.3 is 5.32 Å². The summed E-state index contributed by atoms with van der Waals surface area (Å²) in [6.45, 7) is 3.63. The molecule has 0 aliphatic carbocycles. The summed E-state index contributed by atoms with van der Waals surface area (Å²) in [6.07, 6.45) is 0. The lowest BCUT2D eigenvalue weighted by Gasteiger charge is -2.17. The number of rotatable bonds is 5. The van der Waals surface area contributed by atoms with Crippen molar-refractivity contribution in [2.45, 2.75) is 24.8 Å². The van der Waals surface area contributed by atoms with Crippen LogP contribution in [0.1, 0.15) is 34.5 Å². The highest BCUT2D eigenvalue weighted by Gasteiger charge is 2.21. The Labute approximate surface area is 153 Å². The first-order valence-electron chi connectivity index (χ1n) is 7.72. The standard InChI is InChI=1S/C18H21ClN2O3S/c1-12-5-10-16(25(23,24)21(3)4)11-17(12)18(22)20-13(2)14-6-8-15(19)9-7-14/h5-11,13H,1-4H3,(H,20,22)/t13-/m1/s1. The van der Waals surface area contributed by atoms with Gasteiger partial charge in [0, 0.05) is 24.7 Å². The van der Waals surface area contributed by atoms with Crippen LogP contribution in [0.15, 0.2) is 47.4 Å². The van der Waals surface area contributed by atoms with Gasteiger partial charge in [0.2, 0.25) is 10.0 Å². The van der Waals surface area contributed by atoms with E-state index in [9.17, 15) is 13.2 Å². The molecule has 25 heavy (non-hydrogen) atoms. The molecule has 134 valence electrons. The summed E-state index contributed by atoms with van der Waals surface area (Å²) < 4.78 is 25.7. The maximum Gasteiger partial charge on any atom is 0.252 e. The third kappa shape index (κ3) is 4.39. The SMILES string of the molecule is Cc1ccc(S(=O)(=O)N(C)C)cc1C(=O)N[C@H](C)c1ccc(Cl)cc1. The van der Waals surface area contributed by atoms with Crippen LogP contribution >= 0.6 is 11.6 Å². The van der Waals surface area contributed by atoms with Crippen molar-refractivity contribution in [1.82, 2.24) is 9.62 Å². The molecule has 5 nitrogen and oxygen atoms in total. The number of nitrogens with zero attached hydrogens (tertiary/aromatic N) is 1. The minimum atomic E-state index is -3.60. The zero-order valence-corrected chi connectivity index (χ0v) is 16.1. The van der Waals surface area contributed by atoms with Crippen LogP contribution in [0.5, 0.6) is 0 Å². The molecule has 2 aromatic carbocycles. The highest BCUT2D eigenvalue weighted by molar-refractivity contribution is 7.89. The van der Waals surface area contributed by atoms with E-state index in [4.69, 9.17) is 11.6 Å². The van der Waals surface area contributed by atoms with E-state index in [1.54, 1.807) is 25.1 Å². The smallest absolute Gasteiger partial charge is 0.252 e. The Balaban J connectivity index is 2.28. The highest BCUT2D eigenvalue weighted by atomic mass is 35.5. The molecule has 1 N–H and O–H groups in total. The van der Waals surface area contributed by atoms with Crippen LogP contribution < -0.4 is 5.32 Å². The van der Waals surface area contributed by atoms with Gasteiger partial charge in [-0.05, 0) is 49.2 Å². The minimum Gasteiger partial charge on any atom is -0.346 e. The summed E-state index contributed by atoms with van der Waals surface area (Å²) in [5.41, 5.74) is 1.95. The van der Waals surface area contributed by atoms with Crippen LogP contribution in [-0.4, -0.2) is 32.7 Å². The molecule has 0 fully saturated rings. The number of nitrogens with one attached hydrogen (secondary N) is 1. The number of halogens is 1. The molecule has 0 heterocycles. The molecule has 1 amide bonds. The molecular formula is C18H21ClN2O3S. The fraction of sp³-hybridized carbons (Fsp3) is 0.278. The third-order valence-electron chi connectivity index (χ3n) is 3.95. The van der Waals surface area contributed by atoms with Gasteiger partial charge in [0.25, 0.3) is 5.91 Å². The van der Waals surface area contributed by atoms with E-state index in [0.717, 1.165) is 9.87 Å². The molecule has 0 aromatic heterocycles. The van der Waals surface area contributed by atoms with Crippen LogP contribution in [0.3, 0.4) is 0 Å². The molecule has 0 saturated heterocycles. The topological polar surface area (TPSA) is 66.5 Å². The summed E-state index contributed by atoms with van der Waals surface area (Å²) >= 11 is 5.88. The van der Waals surface area contributed by atoms with E-state index in [0.29, 0.717) is 16.1 Å². The monoisotopic (exact) mass is 380 g/mol. The quantitative estimate of drug-likeness (QED) is 0.864. The van der Waals surface area contributed by atoms with Gasteiger partial charge in [0.05, 0.1) is 10.9 Å². The van der Waals surface area contributed by atoms with Crippen molar-refractivity contribution in [2.75, 3.05) is 14.1 Å². The second-order valence-electron chi connectivity index (χ2n) is 6.01. The first kappa shape index (κ1) is 19.4. The van der Waals surface area contributed by atoms with E-state index in [2.05, 4.69) is 5.32 Å². The van der Waals surface area contributed by atoms with E-state index >= 15 is 0 Å². The first-order chi connectivity index (χ1) is 11.6. The fourth-order valence-corrected chi connectivity index (χ4v) is 3.38. The van der Waals surface area contributed by atoms with Gasteiger partial charge in [0.1, 0.15) is 0 Å². The summed E-state index contributed by atoms with van der Waals surface area (Å²) in [7, 11) is -0.685. The Morgan fingerprint density at radius 3 is 2.28 bits per heavy atom. The van der Waals surface area contributed by atoms with Crippen molar-refractivity contribution < 1.29 is 13.2 Å². The molecule has 0 bridgehead atoms. The van der Waals surface area contributed by atoms with Crippen molar-refractivity contribution in [1.29, 1.82) is 0 Å². The Morgan fingerprint density at radius 1 is 1.12 bits per heavy atom. The molecule has 0 radical (unpaired) electrons. The van der Waals surface area contributed by atoms with Crippen LogP contribution in [-0.2, 0) is 10.0 Å².